The molecule has 0 rings (SSSR count). The summed E-state index contributed by atoms with van der Waals surface area (Å²) in [5.41, 5.74) is 0. The zero-order valence-corrected chi connectivity index (χ0v) is 11.5. The van der Waals surface area contributed by atoms with Gasteiger partial charge in [0.1, 0.15) is 0 Å². The highest BCUT2D eigenvalue weighted by molar-refractivity contribution is 4.62. The molecule has 0 spiro atoms. The molecule has 0 aliphatic carbocycles. The molecule has 0 saturated heterocycles. The van der Waals surface area contributed by atoms with Crippen LogP contribution in [0.3, 0.4) is 0 Å². The van der Waals surface area contributed by atoms with Crippen LogP contribution in [0.15, 0.2) is 0 Å². The van der Waals surface area contributed by atoms with Gasteiger partial charge in [0.25, 0.3) is 0 Å². The van der Waals surface area contributed by atoms with E-state index >= 15 is 0 Å². The molecule has 2 nitrogen and oxygen atoms in total. The zero-order valence-electron chi connectivity index (χ0n) is 11.5. The largest absolute Gasteiger partial charge is 0.393 e. The Morgan fingerprint density at radius 1 is 1.00 bits per heavy atom. The van der Waals surface area contributed by atoms with Gasteiger partial charge in [0.2, 0.25) is 0 Å². The first-order chi connectivity index (χ1) is 7.70. The highest BCUT2D eigenvalue weighted by atomic mass is 16.3. The van der Waals surface area contributed by atoms with Gasteiger partial charge in [0.15, 0.2) is 0 Å². The quantitative estimate of drug-likeness (QED) is 0.532. The summed E-state index contributed by atoms with van der Waals surface area (Å²) in [4.78, 5) is 0. The van der Waals surface area contributed by atoms with E-state index in [0.29, 0.717) is 6.04 Å². The zero-order chi connectivity index (χ0) is 12.2. The van der Waals surface area contributed by atoms with Crippen molar-refractivity contribution in [2.45, 2.75) is 84.3 Å². The summed E-state index contributed by atoms with van der Waals surface area (Å²) in [6.07, 6.45) is 9.51. The van der Waals surface area contributed by atoms with Crippen molar-refractivity contribution in [2.75, 3.05) is 6.54 Å². The first-order valence-electron chi connectivity index (χ1n) is 7.12. The van der Waals surface area contributed by atoms with Gasteiger partial charge in [0.05, 0.1) is 6.10 Å². The number of rotatable bonds is 11. The topological polar surface area (TPSA) is 32.3 Å². The molecule has 2 atom stereocenters. The number of unbranched alkanes of at least 4 members (excludes halogenated alkanes) is 3. The number of hydrogen-bond donors (Lipinski definition) is 2. The minimum Gasteiger partial charge on any atom is -0.393 e. The van der Waals surface area contributed by atoms with Gasteiger partial charge < -0.3 is 10.4 Å². The van der Waals surface area contributed by atoms with Crippen molar-refractivity contribution in [3.05, 3.63) is 0 Å². The Labute approximate surface area is 102 Å². The molecule has 0 aromatic carbocycles. The van der Waals surface area contributed by atoms with Crippen LogP contribution in [-0.2, 0) is 0 Å². The van der Waals surface area contributed by atoms with E-state index in [0.717, 1.165) is 25.8 Å². The predicted octanol–water partition coefficient (Wildman–Crippen LogP) is 3.49. The molecule has 2 heteroatoms. The molecule has 2 unspecified atom stereocenters. The van der Waals surface area contributed by atoms with Gasteiger partial charge in [-0.3, -0.25) is 0 Å². The molecule has 0 aromatic rings. The van der Waals surface area contributed by atoms with E-state index in [1.165, 1.54) is 32.1 Å². The monoisotopic (exact) mass is 229 g/mol. The predicted molar refractivity (Wildman–Crippen MR) is 71.8 cm³/mol. The van der Waals surface area contributed by atoms with Gasteiger partial charge >= 0.3 is 0 Å². The van der Waals surface area contributed by atoms with Crippen LogP contribution in [0.5, 0.6) is 0 Å². The van der Waals surface area contributed by atoms with Gasteiger partial charge in [-0.2, -0.15) is 0 Å². The lowest BCUT2D eigenvalue weighted by molar-refractivity contribution is 0.157. The minimum absolute atomic E-state index is 0.0957. The van der Waals surface area contributed by atoms with Crippen molar-refractivity contribution >= 4 is 0 Å². The number of aliphatic hydroxyl groups is 1. The maximum atomic E-state index is 9.40. The minimum atomic E-state index is -0.0957. The van der Waals surface area contributed by atoms with Crippen molar-refractivity contribution in [1.29, 1.82) is 0 Å². The van der Waals surface area contributed by atoms with Gasteiger partial charge in [-0.1, -0.05) is 39.5 Å². The average molecular weight is 229 g/mol. The smallest absolute Gasteiger partial charge is 0.0538 e. The maximum absolute atomic E-state index is 9.40. The van der Waals surface area contributed by atoms with Crippen LogP contribution in [0.1, 0.15) is 72.1 Å². The summed E-state index contributed by atoms with van der Waals surface area (Å²) < 4.78 is 0. The Morgan fingerprint density at radius 2 is 1.75 bits per heavy atom. The lowest BCUT2D eigenvalue weighted by atomic mass is 10.1. The standard InChI is InChI=1S/C14H31NO/c1-4-6-7-8-10-13(3)15-12-9-11-14(16)5-2/h13-16H,4-12H2,1-3H3. The molecule has 0 aliphatic heterocycles. The molecule has 0 radical (unpaired) electrons. The molecular weight excluding hydrogens is 198 g/mol. The van der Waals surface area contributed by atoms with Gasteiger partial charge in [-0.05, 0) is 39.2 Å². The van der Waals surface area contributed by atoms with Crippen LogP contribution in [0.2, 0.25) is 0 Å². The Kier molecular flexibility index (Phi) is 11.3. The first kappa shape index (κ1) is 15.9. The van der Waals surface area contributed by atoms with E-state index in [-0.39, 0.29) is 6.10 Å². The summed E-state index contributed by atoms with van der Waals surface area (Å²) >= 11 is 0. The Hall–Kier alpha value is -0.0800. The fraction of sp³-hybridized carbons (Fsp3) is 1.00. The van der Waals surface area contributed by atoms with Gasteiger partial charge in [-0.15, -0.1) is 0 Å². The Morgan fingerprint density at radius 3 is 2.38 bits per heavy atom. The SMILES string of the molecule is CCCCCCC(C)NCCCC(O)CC. The molecule has 98 valence electrons. The van der Waals surface area contributed by atoms with E-state index in [1.54, 1.807) is 0 Å². The lowest BCUT2D eigenvalue weighted by Crippen LogP contribution is -2.27. The molecule has 0 amide bonds. The number of aliphatic hydroxyl groups excluding tert-OH is 1. The van der Waals surface area contributed by atoms with E-state index in [2.05, 4.69) is 19.2 Å². The van der Waals surface area contributed by atoms with Crippen molar-refractivity contribution < 1.29 is 5.11 Å². The van der Waals surface area contributed by atoms with Crippen LogP contribution >= 0.6 is 0 Å². The summed E-state index contributed by atoms with van der Waals surface area (Å²) in [6.45, 7) is 7.60. The normalized spacial score (nSPS) is 15.0. The summed E-state index contributed by atoms with van der Waals surface area (Å²) in [7, 11) is 0. The molecule has 0 heterocycles. The fourth-order valence-corrected chi connectivity index (χ4v) is 1.87. The molecule has 0 aromatic heterocycles. The fourth-order valence-electron chi connectivity index (χ4n) is 1.87. The Balaban J connectivity index is 3.20. The van der Waals surface area contributed by atoms with Crippen LogP contribution < -0.4 is 5.32 Å². The van der Waals surface area contributed by atoms with Gasteiger partial charge in [-0.25, -0.2) is 0 Å². The summed E-state index contributed by atoms with van der Waals surface area (Å²) in [5, 5.41) is 12.9. The third kappa shape index (κ3) is 10.4. The number of nitrogens with one attached hydrogen (secondary N) is 1. The van der Waals surface area contributed by atoms with Crippen LogP contribution in [0.25, 0.3) is 0 Å². The van der Waals surface area contributed by atoms with Crippen molar-refractivity contribution in [2.24, 2.45) is 0 Å². The lowest BCUT2D eigenvalue weighted by Gasteiger charge is -2.14. The first-order valence-corrected chi connectivity index (χ1v) is 7.12. The summed E-state index contributed by atoms with van der Waals surface area (Å²) in [6, 6.07) is 0.635. The van der Waals surface area contributed by atoms with Crippen molar-refractivity contribution in [3.63, 3.8) is 0 Å². The molecule has 16 heavy (non-hydrogen) atoms. The average Bonchev–Trinajstić information content (AvgIpc) is 2.30. The maximum Gasteiger partial charge on any atom is 0.0538 e. The van der Waals surface area contributed by atoms with Crippen LogP contribution in [0.4, 0.5) is 0 Å². The third-order valence-electron chi connectivity index (χ3n) is 3.17. The van der Waals surface area contributed by atoms with Crippen LogP contribution in [-0.4, -0.2) is 23.8 Å². The molecule has 0 fully saturated rings. The van der Waals surface area contributed by atoms with Gasteiger partial charge in [0, 0.05) is 6.04 Å². The Bertz CT molecular complexity index is 139. The van der Waals surface area contributed by atoms with Crippen molar-refractivity contribution in [3.8, 4) is 0 Å². The second-order valence-electron chi connectivity index (χ2n) is 4.91. The molecular formula is C14H31NO. The highest BCUT2D eigenvalue weighted by Crippen LogP contribution is 2.05. The molecule has 0 aliphatic rings. The molecule has 2 N–H and O–H groups in total. The number of hydrogen-bond acceptors (Lipinski definition) is 2. The van der Waals surface area contributed by atoms with E-state index in [1.807, 2.05) is 6.92 Å². The van der Waals surface area contributed by atoms with E-state index < -0.39 is 0 Å². The van der Waals surface area contributed by atoms with Crippen LogP contribution in [0, 0.1) is 0 Å². The summed E-state index contributed by atoms with van der Waals surface area (Å²) in [5.74, 6) is 0. The molecule has 0 saturated carbocycles. The second-order valence-corrected chi connectivity index (χ2v) is 4.91. The second kappa shape index (κ2) is 11.4. The third-order valence-corrected chi connectivity index (χ3v) is 3.17. The van der Waals surface area contributed by atoms with E-state index in [9.17, 15) is 5.11 Å². The molecule has 0 bridgehead atoms. The van der Waals surface area contributed by atoms with Crippen molar-refractivity contribution in [1.82, 2.24) is 5.32 Å². The highest BCUT2D eigenvalue weighted by Gasteiger charge is 2.02. The van der Waals surface area contributed by atoms with E-state index in [4.69, 9.17) is 0 Å².